The molecular formula is C14H18BrClN2O2. The highest BCUT2D eigenvalue weighted by molar-refractivity contribution is 9.10. The number of carbonyl (C=O) groups is 1. The molecular weight excluding hydrogens is 344 g/mol. The third-order valence-corrected chi connectivity index (χ3v) is 4.52. The highest BCUT2D eigenvalue weighted by Crippen LogP contribution is 2.38. The van der Waals surface area contributed by atoms with Gasteiger partial charge in [-0.2, -0.15) is 0 Å². The molecule has 1 aliphatic heterocycles. The van der Waals surface area contributed by atoms with E-state index in [1.54, 1.807) is 19.2 Å². The van der Waals surface area contributed by atoms with E-state index in [1.165, 1.54) is 0 Å². The number of anilines is 1. The highest BCUT2D eigenvalue weighted by Gasteiger charge is 2.35. The van der Waals surface area contributed by atoms with Crippen LogP contribution in [-0.2, 0) is 4.79 Å². The van der Waals surface area contributed by atoms with Gasteiger partial charge in [0, 0.05) is 10.4 Å². The largest absolute Gasteiger partial charge is 0.493 e. The summed E-state index contributed by atoms with van der Waals surface area (Å²) in [5.74, 6) is 0.590. The van der Waals surface area contributed by atoms with Crippen molar-refractivity contribution in [2.45, 2.75) is 19.8 Å². The van der Waals surface area contributed by atoms with Gasteiger partial charge in [0.25, 0.3) is 0 Å². The minimum atomic E-state index is -0.356. The van der Waals surface area contributed by atoms with E-state index < -0.39 is 0 Å². The molecule has 1 fully saturated rings. The molecule has 2 rings (SSSR count). The summed E-state index contributed by atoms with van der Waals surface area (Å²) in [5.41, 5.74) is 0.238. The van der Waals surface area contributed by atoms with Crippen molar-refractivity contribution in [3.63, 3.8) is 0 Å². The molecule has 0 saturated carbocycles. The second kappa shape index (κ2) is 6.33. The molecule has 1 aromatic carbocycles. The van der Waals surface area contributed by atoms with Gasteiger partial charge in [-0.3, -0.25) is 4.79 Å². The Hall–Kier alpha value is -0.780. The van der Waals surface area contributed by atoms with Gasteiger partial charge in [-0.15, -0.1) is 0 Å². The van der Waals surface area contributed by atoms with E-state index in [2.05, 4.69) is 26.6 Å². The number of amides is 1. The predicted molar refractivity (Wildman–Crippen MR) is 84.5 cm³/mol. The number of methoxy groups -OCH3 is 1. The molecule has 4 nitrogen and oxygen atoms in total. The standard InChI is InChI=1S/C14H18BrClN2O2/c1-14(3-5-17-6-4-14)13(19)18-11-8-9(16)7-10(15)12(11)20-2/h7-8,17H,3-6H2,1-2H3,(H,18,19). The van der Waals surface area contributed by atoms with Crippen molar-refractivity contribution in [3.05, 3.63) is 21.6 Å². The minimum Gasteiger partial charge on any atom is -0.493 e. The first-order valence-electron chi connectivity index (χ1n) is 6.51. The molecule has 2 N–H and O–H groups in total. The fourth-order valence-corrected chi connectivity index (χ4v) is 3.31. The van der Waals surface area contributed by atoms with Crippen LogP contribution in [-0.4, -0.2) is 26.1 Å². The van der Waals surface area contributed by atoms with Crippen molar-refractivity contribution in [1.29, 1.82) is 0 Å². The van der Waals surface area contributed by atoms with E-state index in [1.807, 2.05) is 6.92 Å². The van der Waals surface area contributed by atoms with Gasteiger partial charge < -0.3 is 15.4 Å². The van der Waals surface area contributed by atoms with Gasteiger partial charge in [0.05, 0.1) is 17.3 Å². The van der Waals surface area contributed by atoms with E-state index in [0.717, 1.165) is 30.4 Å². The summed E-state index contributed by atoms with van der Waals surface area (Å²) >= 11 is 9.42. The van der Waals surface area contributed by atoms with Crippen molar-refractivity contribution >= 4 is 39.1 Å². The van der Waals surface area contributed by atoms with Crippen LogP contribution in [0, 0.1) is 5.41 Å². The fraction of sp³-hybridized carbons (Fsp3) is 0.500. The molecule has 0 spiro atoms. The summed E-state index contributed by atoms with van der Waals surface area (Å²) in [7, 11) is 1.57. The zero-order valence-corrected chi connectivity index (χ0v) is 13.9. The number of hydrogen-bond acceptors (Lipinski definition) is 3. The Labute approximate surface area is 132 Å². The molecule has 6 heteroatoms. The molecule has 0 aromatic heterocycles. The normalized spacial score (nSPS) is 17.6. The van der Waals surface area contributed by atoms with Crippen LogP contribution in [0.1, 0.15) is 19.8 Å². The molecule has 1 heterocycles. The lowest BCUT2D eigenvalue weighted by Crippen LogP contribution is -2.42. The number of ether oxygens (including phenoxy) is 1. The monoisotopic (exact) mass is 360 g/mol. The SMILES string of the molecule is COc1c(Br)cc(Cl)cc1NC(=O)C1(C)CCNCC1. The molecule has 1 saturated heterocycles. The van der Waals surface area contributed by atoms with Gasteiger partial charge in [0.2, 0.25) is 5.91 Å². The molecule has 0 unspecified atom stereocenters. The summed E-state index contributed by atoms with van der Waals surface area (Å²) < 4.78 is 6.04. The van der Waals surface area contributed by atoms with Crippen molar-refractivity contribution in [2.75, 3.05) is 25.5 Å². The van der Waals surface area contributed by atoms with Gasteiger partial charge in [0.15, 0.2) is 5.75 Å². The van der Waals surface area contributed by atoms with Crippen molar-refractivity contribution in [3.8, 4) is 5.75 Å². The highest BCUT2D eigenvalue weighted by atomic mass is 79.9. The number of hydrogen-bond donors (Lipinski definition) is 2. The fourth-order valence-electron chi connectivity index (χ4n) is 2.34. The Morgan fingerprint density at radius 1 is 1.45 bits per heavy atom. The van der Waals surface area contributed by atoms with E-state index in [0.29, 0.717) is 16.5 Å². The second-order valence-corrected chi connectivity index (χ2v) is 6.52. The first kappa shape index (κ1) is 15.6. The molecule has 0 bridgehead atoms. The van der Waals surface area contributed by atoms with Crippen molar-refractivity contribution in [1.82, 2.24) is 5.32 Å². The van der Waals surface area contributed by atoms with Gasteiger partial charge in [-0.05, 0) is 54.0 Å². The summed E-state index contributed by atoms with van der Waals surface area (Å²) in [4.78, 5) is 12.5. The van der Waals surface area contributed by atoms with Crippen LogP contribution in [0.4, 0.5) is 5.69 Å². The number of halogens is 2. The maximum Gasteiger partial charge on any atom is 0.230 e. The summed E-state index contributed by atoms with van der Waals surface area (Å²) in [5, 5.41) is 6.76. The molecule has 0 aliphatic carbocycles. The summed E-state index contributed by atoms with van der Waals surface area (Å²) in [6.07, 6.45) is 1.64. The second-order valence-electron chi connectivity index (χ2n) is 5.23. The average molecular weight is 362 g/mol. The van der Waals surface area contributed by atoms with Crippen molar-refractivity contribution in [2.24, 2.45) is 5.41 Å². The zero-order chi connectivity index (χ0) is 14.8. The Morgan fingerprint density at radius 2 is 2.10 bits per heavy atom. The zero-order valence-electron chi connectivity index (χ0n) is 11.6. The number of piperidine rings is 1. The first-order valence-corrected chi connectivity index (χ1v) is 7.68. The van der Waals surface area contributed by atoms with E-state index in [9.17, 15) is 4.79 Å². The van der Waals surface area contributed by atoms with Crippen LogP contribution < -0.4 is 15.4 Å². The molecule has 0 radical (unpaired) electrons. The third kappa shape index (κ3) is 3.27. The van der Waals surface area contributed by atoms with Gasteiger partial charge >= 0.3 is 0 Å². The molecule has 0 atom stereocenters. The van der Waals surface area contributed by atoms with E-state index in [-0.39, 0.29) is 11.3 Å². The molecule has 1 aromatic rings. The van der Waals surface area contributed by atoms with Crippen LogP contribution in [0.5, 0.6) is 5.75 Å². The third-order valence-electron chi connectivity index (χ3n) is 3.72. The van der Waals surface area contributed by atoms with Gasteiger partial charge in [-0.25, -0.2) is 0 Å². The summed E-state index contributed by atoms with van der Waals surface area (Å²) in [6.45, 7) is 3.72. The quantitative estimate of drug-likeness (QED) is 0.867. The maximum absolute atomic E-state index is 12.5. The molecule has 1 aliphatic rings. The molecule has 1 amide bonds. The smallest absolute Gasteiger partial charge is 0.230 e. The number of carbonyl (C=O) groups excluding carboxylic acids is 1. The van der Waals surface area contributed by atoms with Crippen LogP contribution in [0.15, 0.2) is 16.6 Å². The topological polar surface area (TPSA) is 50.4 Å². The molecule has 110 valence electrons. The Balaban J connectivity index is 2.23. The van der Waals surface area contributed by atoms with E-state index in [4.69, 9.17) is 16.3 Å². The lowest BCUT2D eigenvalue weighted by atomic mass is 9.80. The lowest BCUT2D eigenvalue weighted by Gasteiger charge is -2.32. The summed E-state index contributed by atoms with van der Waals surface area (Å²) in [6, 6.07) is 3.44. The number of benzene rings is 1. The number of rotatable bonds is 3. The Kier molecular flexibility index (Phi) is 4.94. The maximum atomic E-state index is 12.5. The van der Waals surface area contributed by atoms with Crippen LogP contribution in [0.2, 0.25) is 5.02 Å². The predicted octanol–water partition coefficient (Wildman–Crippen LogP) is 3.44. The van der Waals surface area contributed by atoms with Gasteiger partial charge in [-0.1, -0.05) is 18.5 Å². The number of nitrogens with one attached hydrogen (secondary N) is 2. The van der Waals surface area contributed by atoms with E-state index >= 15 is 0 Å². The lowest BCUT2D eigenvalue weighted by molar-refractivity contribution is -0.126. The average Bonchev–Trinajstić information content (AvgIpc) is 2.39. The molecule has 20 heavy (non-hydrogen) atoms. The van der Waals surface area contributed by atoms with Gasteiger partial charge in [0.1, 0.15) is 0 Å². The van der Waals surface area contributed by atoms with Crippen molar-refractivity contribution < 1.29 is 9.53 Å². The minimum absolute atomic E-state index is 0.00599. The first-order chi connectivity index (χ1) is 9.46. The van der Waals surface area contributed by atoms with Crippen LogP contribution >= 0.6 is 27.5 Å². The Morgan fingerprint density at radius 3 is 2.70 bits per heavy atom. The van der Waals surface area contributed by atoms with Crippen LogP contribution in [0.3, 0.4) is 0 Å². The Bertz CT molecular complexity index is 516. The van der Waals surface area contributed by atoms with Crippen LogP contribution in [0.25, 0.3) is 0 Å².